The highest BCUT2D eigenvalue weighted by Gasteiger charge is 2.25. The predicted octanol–water partition coefficient (Wildman–Crippen LogP) is 3.51. The van der Waals surface area contributed by atoms with Crippen LogP contribution in [0.5, 0.6) is 0 Å². The Hall–Kier alpha value is -0.370. The largest absolute Gasteiger partial charge is 0.389 e. The standard InChI is InChI=1S/C9H16F4O3S/c10-9(11,12)7-5-3-1-2-4-6-8-17(14,15)16-13/h1-8H2. The van der Waals surface area contributed by atoms with Crippen LogP contribution in [0.2, 0.25) is 0 Å². The molecule has 8 heteroatoms. The van der Waals surface area contributed by atoms with Crippen LogP contribution in [0, 0.1) is 0 Å². The maximum Gasteiger partial charge on any atom is 0.389 e. The molecule has 0 bridgehead atoms. The highest BCUT2D eigenvalue weighted by atomic mass is 32.2. The van der Waals surface area contributed by atoms with Gasteiger partial charge in [-0.25, -0.2) is 0 Å². The maximum atomic E-state index is 11.7. The molecule has 0 saturated carbocycles. The highest BCUT2D eigenvalue weighted by Crippen LogP contribution is 2.23. The van der Waals surface area contributed by atoms with E-state index < -0.39 is 28.5 Å². The molecule has 0 aromatic heterocycles. The first kappa shape index (κ1) is 16.6. The lowest BCUT2D eigenvalue weighted by Gasteiger charge is -2.05. The van der Waals surface area contributed by atoms with Gasteiger partial charge in [0.2, 0.25) is 0 Å². The molecule has 0 aromatic carbocycles. The van der Waals surface area contributed by atoms with Crippen molar-refractivity contribution in [3.63, 3.8) is 0 Å². The van der Waals surface area contributed by atoms with Gasteiger partial charge in [-0.3, -0.25) is 0 Å². The summed E-state index contributed by atoms with van der Waals surface area (Å²) in [6.07, 6.45) is -2.28. The van der Waals surface area contributed by atoms with E-state index in [-0.39, 0.29) is 12.8 Å². The second kappa shape index (κ2) is 7.86. The molecule has 0 heterocycles. The summed E-state index contributed by atoms with van der Waals surface area (Å²) >= 11 is 0. The number of unbranched alkanes of at least 4 members (excludes halogenated alkanes) is 5. The summed E-state index contributed by atoms with van der Waals surface area (Å²) in [6.45, 7) is 0. The summed E-state index contributed by atoms with van der Waals surface area (Å²) in [7, 11) is -4.05. The molecule has 0 N–H and O–H groups in total. The second-order valence-electron chi connectivity index (χ2n) is 3.81. The third-order valence-corrected chi connectivity index (χ3v) is 3.18. The van der Waals surface area contributed by atoms with Crippen LogP contribution in [0.3, 0.4) is 0 Å². The second-order valence-corrected chi connectivity index (χ2v) is 5.46. The van der Waals surface area contributed by atoms with Crippen molar-refractivity contribution in [1.29, 1.82) is 0 Å². The molecule has 0 aliphatic carbocycles. The van der Waals surface area contributed by atoms with E-state index in [1.165, 1.54) is 0 Å². The third kappa shape index (κ3) is 11.9. The van der Waals surface area contributed by atoms with Gasteiger partial charge in [-0.05, 0) is 17.4 Å². The van der Waals surface area contributed by atoms with E-state index in [1.54, 1.807) is 0 Å². The fraction of sp³-hybridized carbons (Fsp3) is 1.00. The van der Waals surface area contributed by atoms with Crippen molar-refractivity contribution < 1.29 is 30.5 Å². The number of hydrogen-bond acceptors (Lipinski definition) is 3. The van der Waals surface area contributed by atoms with Crippen molar-refractivity contribution in [2.24, 2.45) is 0 Å². The van der Waals surface area contributed by atoms with E-state index in [2.05, 4.69) is 4.39 Å². The molecular weight excluding hydrogens is 264 g/mol. The monoisotopic (exact) mass is 280 g/mol. The molecule has 0 aliphatic heterocycles. The Kier molecular flexibility index (Phi) is 7.69. The zero-order chi connectivity index (χ0) is 13.4. The van der Waals surface area contributed by atoms with Crippen molar-refractivity contribution in [3.05, 3.63) is 0 Å². The van der Waals surface area contributed by atoms with Gasteiger partial charge in [0, 0.05) is 6.42 Å². The quantitative estimate of drug-likeness (QED) is 0.479. The predicted molar refractivity (Wildman–Crippen MR) is 54.4 cm³/mol. The molecule has 0 amide bonds. The van der Waals surface area contributed by atoms with Crippen LogP contribution < -0.4 is 0 Å². The molecule has 0 aliphatic rings. The summed E-state index contributed by atoms with van der Waals surface area (Å²) in [4.78, 5) is 0. The van der Waals surface area contributed by atoms with Gasteiger partial charge in [-0.1, -0.05) is 30.1 Å². The minimum Gasteiger partial charge on any atom is -0.197 e. The Morgan fingerprint density at radius 1 is 0.882 bits per heavy atom. The molecule has 0 spiro atoms. The Morgan fingerprint density at radius 2 is 1.35 bits per heavy atom. The summed E-state index contributed by atoms with van der Waals surface area (Å²) in [5.41, 5.74) is 0. The van der Waals surface area contributed by atoms with Gasteiger partial charge < -0.3 is 0 Å². The first-order valence-corrected chi connectivity index (χ1v) is 6.94. The van der Waals surface area contributed by atoms with Crippen LogP contribution in [-0.2, 0) is 14.5 Å². The van der Waals surface area contributed by atoms with Crippen molar-refractivity contribution >= 4 is 10.1 Å². The van der Waals surface area contributed by atoms with Crippen LogP contribution in [0.1, 0.15) is 44.9 Å². The summed E-state index contributed by atoms with van der Waals surface area (Å²) in [6, 6.07) is 0. The fourth-order valence-corrected chi connectivity index (χ4v) is 1.96. The number of alkyl halides is 3. The highest BCUT2D eigenvalue weighted by molar-refractivity contribution is 7.86. The number of rotatable bonds is 9. The molecule has 0 unspecified atom stereocenters. The molecule has 0 saturated heterocycles. The van der Waals surface area contributed by atoms with Gasteiger partial charge in [0.25, 0.3) is 10.1 Å². The van der Waals surface area contributed by atoms with Crippen LogP contribution in [0.15, 0.2) is 0 Å². The van der Waals surface area contributed by atoms with Crippen LogP contribution in [0.25, 0.3) is 0 Å². The van der Waals surface area contributed by atoms with E-state index in [0.717, 1.165) is 0 Å². The molecule has 0 fully saturated rings. The number of halogens is 4. The molecule has 3 nitrogen and oxygen atoms in total. The van der Waals surface area contributed by atoms with Crippen LogP contribution >= 0.6 is 0 Å². The Balaban J connectivity index is 3.31. The minimum absolute atomic E-state index is 0.0926. The first-order chi connectivity index (χ1) is 7.77. The lowest BCUT2D eigenvalue weighted by molar-refractivity contribution is -0.135. The molecular formula is C9H16F4O3S. The van der Waals surface area contributed by atoms with E-state index in [1.807, 2.05) is 0 Å². The summed E-state index contributed by atoms with van der Waals surface area (Å²) in [5, 5.41) is 0. The lowest BCUT2D eigenvalue weighted by Crippen LogP contribution is -2.06. The fourth-order valence-electron chi connectivity index (χ4n) is 1.34. The van der Waals surface area contributed by atoms with Crippen molar-refractivity contribution in [2.75, 3.05) is 5.75 Å². The van der Waals surface area contributed by atoms with Gasteiger partial charge in [-0.15, -0.1) is 0 Å². The van der Waals surface area contributed by atoms with Crippen LogP contribution in [0.4, 0.5) is 17.7 Å². The zero-order valence-electron chi connectivity index (χ0n) is 9.30. The number of hydrogen-bond donors (Lipinski definition) is 0. The SMILES string of the molecule is O=S(=O)(CCCCCCCCC(F)(F)F)OF. The van der Waals surface area contributed by atoms with E-state index in [9.17, 15) is 26.1 Å². The maximum absolute atomic E-state index is 11.7. The van der Waals surface area contributed by atoms with Gasteiger partial charge in [0.15, 0.2) is 0 Å². The molecule has 17 heavy (non-hydrogen) atoms. The zero-order valence-corrected chi connectivity index (χ0v) is 10.1. The molecule has 0 aromatic rings. The normalized spacial score (nSPS) is 12.9. The minimum atomic E-state index is -4.10. The summed E-state index contributed by atoms with van der Waals surface area (Å²) in [5.74, 6) is -0.397. The average Bonchev–Trinajstić information content (AvgIpc) is 2.20. The van der Waals surface area contributed by atoms with E-state index >= 15 is 0 Å². The average molecular weight is 280 g/mol. The van der Waals surface area contributed by atoms with Gasteiger partial charge in [-0.2, -0.15) is 21.6 Å². The Morgan fingerprint density at radius 3 is 1.82 bits per heavy atom. The van der Waals surface area contributed by atoms with Gasteiger partial charge in [0.1, 0.15) is 0 Å². The van der Waals surface area contributed by atoms with Crippen molar-refractivity contribution in [3.8, 4) is 0 Å². The third-order valence-electron chi connectivity index (χ3n) is 2.20. The first-order valence-electron chi connectivity index (χ1n) is 5.36. The van der Waals surface area contributed by atoms with Crippen molar-refractivity contribution in [2.45, 2.75) is 51.1 Å². The molecule has 0 rings (SSSR count). The van der Waals surface area contributed by atoms with Gasteiger partial charge in [0.05, 0.1) is 5.75 Å². The van der Waals surface area contributed by atoms with Crippen molar-refractivity contribution in [1.82, 2.24) is 0 Å². The smallest absolute Gasteiger partial charge is 0.197 e. The Labute approximate surface area is 98.2 Å². The topological polar surface area (TPSA) is 43.4 Å². The Bertz CT molecular complexity index is 287. The lowest BCUT2D eigenvalue weighted by atomic mass is 10.1. The molecule has 0 atom stereocenters. The van der Waals surface area contributed by atoms with Gasteiger partial charge >= 0.3 is 6.18 Å². The van der Waals surface area contributed by atoms with E-state index in [4.69, 9.17) is 0 Å². The van der Waals surface area contributed by atoms with E-state index in [0.29, 0.717) is 25.7 Å². The molecule has 104 valence electrons. The van der Waals surface area contributed by atoms with Crippen LogP contribution in [-0.4, -0.2) is 20.3 Å². The summed E-state index contributed by atoms with van der Waals surface area (Å²) < 4.78 is 70.4. The molecule has 0 radical (unpaired) electrons.